The van der Waals surface area contributed by atoms with Crippen LogP contribution in [0.15, 0.2) is 29.2 Å². The van der Waals surface area contributed by atoms with Crippen molar-refractivity contribution in [3.63, 3.8) is 0 Å². The summed E-state index contributed by atoms with van der Waals surface area (Å²) in [5.74, 6) is 0.0660. The van der Waals surface area contributed by atoms with E-state index in [0.717, 1.165) is 0 Å². The number of amides is 1. The molecule has 16 heavy (non-hydrogen) atoms. The Hall–Kier alpha value is -1.95. The van der Waals surface area contributed by atoms with Gasteiger partial charge < -0.3 is 9.84 Å². The highest BCUT2D eigenvalue weighted by Gasteiger charge is 2.10. The van der Waals surface area contributed by atoms with Crippen LogP contribution < -0.4 is 5.32 Å². The molecule has 0 fully saturated rings. The number of halogens is 1. The van der Waals surface area contributed by atoms with Crippen LogP contribution in [0.2, 0.25) is 5.15 Å². The number of carbonyl (C=O) groups excluding carboxylic acids is 1. The molecule has 1 N–H and O–H groups in total. The zero-order valence-electron chi connectivity index (χ0n) is 8.05. The van der Waals surface area contributed by atoms with E-state index in [0.29, 0.717) is 11.4 Å². The molecule has 0 aromatic carbocycles. The molecule has 1 amide bonds. The lowest BCUT2D eigenvalue weighted by Gasteiger charge is -2.03. The van der Waals surface area contributed by atoms with E-state index in [9.17, 15) is 4.79 Å². The minimum Gasteiger partial charge on any atom is -0.345 e. The predicted molar refractivity (Wildman–Crippen MR) is 54.7 cm³/mol. The number of nitrogens with zero attached hydrogens (tertiary/aromatic N) is 3. The van der Waals surface area contributed by atoms with E-state index in [4.69, 9.17) is 11.6 Å². The molecule has 2 aromatic rings. The highest BCUT2D eigenvalue weighted by molar-refractivity contribution is 6.32. The Kier molecular flexibility index (Phi) is 3.11. The van der Waals surface area contributed by atoms with Crippen LogP contribution in [0, 0.1) is 0 Å². The quantitative estimate of drug-likeness (QED) is 0.809. The van der Waals surface area contributed by atoms with E-state index in [1.807, 2.05) is 0 Å². The standard InChI is InChI=1S/C9H7ClN4O2/c10-8-6(2-1-3-11-8)9(15)12-4-7-13-5-16-14-7/h1-3,5H,4H2,(H,12,15). The van der Waals surface area contributed by atoms with E-state index in [-0.39, 0.29) is 17.6 Å². The topological polar surface area (TPSA) is 80.9 Å². The first kappa shape index (κ1) is 10.6. The summed E-state index contributed by atoms with van der Waals surface area (Å²) < 4.78 is 4.53. The number of aromatic nitrogens is 3. The van der Waals surface area contributed by atoms with Crippen molar-refractivity contribution < 1.29 is 9.32 Å². The average Bonchev–Trinajstić information content (AvgIpc) is 2.79. The summed E-state index contributed by atoms with van der Waals surface area (Å²) in [6.07, 6.45) is 2.71. The van der Waals surface area contributed by atoms with E-state index in [2.05, 4.69) is 25.0 Å². The highest BCUT2D eigenvalue weighted by Crippen LogP contribution is 2.10. The molecular formula is C9H7ClN4O2. The second-order valence-corrected chi connectivity index (χ2v) is 3.23. The third kappa shape index (κ3) is 2.34. The van der Waals surface area contributed by atoms with Crippen molar-refractivity contribution in [1.29, 1.82) is 0 Å². The molecule has 0 atom stereocenters. The Morgan fingerprint density at radius 3 is 3.06 bits per heavy atom. The smallest absolute Gasteiger partial charge is 0.254 e. The van der Waals surface area contributed by atoms with Gasteiger partial charge >= 0.3 is 0 Å². The van der Waals surface area contributed by atoms with Gasteiger partial charge in [-0.3, -0.25) is 4.79 Å². The SMILES string of the molecule is O=C(NCc1ncon1)c1cccnc1Cl. The van der Waals surface area contributed by atoms with Crippen molar-refractivity contribution in [2.24, 2.45) is 0 Å². The molecule has 0 saturated carbocycles. The first-order valence-electron chi connectivity index (χ1n) is 4.41. The maximum Gasteiger partial charge on any atom is 0.254 e. The van der Waals surface area contributed by atoms with Crippen molar-refractivity contribution in [2.45, 2.75) is 6.54 Å². The van der Waals surface area contributed by atoms with Crippen LogP contribution >= 0.6 is 11.6 Å². The Morgan fingerprint density at radius 1 is 1.50 bits per heavy atom. The van der Waals surface area contributed by atoms with Gasteiger partial charge in [-0.1, -0.05) is 16.8 Å². The van der Waals surface area contributed by atoms with Gasteiger partial charge in [0.1, 0.15) is 5.15 Å². The molecule has 82 valence electrons. The lowest BCUT2D eigenvalue weighted by atomic mass is 10.2. The Balaban J connectivity index is 2.01. The second kappa shape index (κ2) is 4.71. The molecule has 0 aliphatic heterocycles. The van der Waals surface area contributed by atoms with Crippen molar-refractivity contribution in [1.82, 2.24) is 20.4 Å². The van der Waals surface area contributed by atoms with E-state index in [1.54, 1.807) is 12.1 Å². The van der Waals surface area contributed by atoms with Crippen LogP contribution in [0.5, 0.6) is 0 Å². The molecular weight excluding hydrogens is 232 g/mol. The minimum absolute atomic E-state index is 0.160. The first-order chi connectivity index (χ1) is 7.77. The number of pyridine rings is 1. The molecule has 0 saturated heterocycles. The van der Waals surface area contributed by atoms with Crippen LogP contribution in [0.4, 0.5) is 0 Å². The van der Waals surface area contributed by atoms with Gasteiger partial charge in [0.15, 0.2) is 5.82 Å². The summed E-state index contributed by atoms with van der Waals surface area (Å²) >= 11 is 5.76. The third-order valence-corrected chi connectivity index (χ3v) is 2.12. The van der Waals surface area contributed by atoms with Crippen molar-refractivity contribution in [3.05, 3.63) is 41.3 Å². The molecule has 2 rings (SSSR count). The molecule has 6 nitrogen and oxygen atoms in total. The lowest BCUT2D eigenvalue weighted by molar-refractivity contribution is 0.0949. The van der Waals surface area contributed by atoms with Crippen molar-refractivity contribution >= 4 is 17.5 Å². The van der Waals surface area contributed by atoms with Gasteiger partial charge in [0, 0.05) is 6.20 Å². The molecule has 0 radical (unpaired) electrons. The summed E-state index contributed by atoms with van der Waals surface area (Å²) in [7, 11) is 0. The molecule has 0 aliphatic carbocycles. The van der Waals surface area contributed by atoms with Gasteiger partial charge in [0.25, 0.3) is 5.91 Å². The van der Waals surface area contributed by atoms with E-state index < -0.39 is 0 Å². The van der Waals surface area contributed by atoms with Gasteiger partial charge in [0.05, 0.1) is 12.1 Å². The summed E-state index contributed by atoms with van der Waals surface area (Å²) in [6.45, 7) is 0.181. The van der Waals surface area contributed by atoms with Gasteiger partial charge in [-0.05, 0) is 12.1 Å². The summed E-state index contributed by atoms with van der Waals surface area (Å²) in [6, 6.07) is 3.22. The fourth-order valence-corrected chi connectivity index (χ4v) is 1.29. The Morgan fingerprint density at radius 2 is 2.38 bits per heavy atom. The minimum atomic E-state index is -0.331. The van der Waals surface area contributed by atoms with Gasteiger partial charge in [-0.15, -0.1) is 0 Å². The number of rotatable bonds is 3. The Bertz CT molecular complexity index is 486. The van der Waals surface area contributed by atoms with Crippen LogP contribution in [0.1, 0.15) is 16.2 Å². The summed E-state index contributed by atoms with van der Waals surface area (Å²) in [5.41, 5.74) is 0.313. The fraction of sp³-hybridized carbons (Fsp3) is 0.111. The predicted octanol–water partition coefficient (Wildman–Crippen LogP) is 1.05. The first-order valence-corrected chi connectivity index (χ1v) is 4.79. The van der Waals surface area contributed by atoms with Crippen molar-refractivity contribution in [3.8, 4) is 0 Å². The average molecular weight is 239 g/mol. The number of hydrogen-bond acceptors (Lipinski definition) is 5. The van der Waals surface area contributed by atoms with Crippen LogP contribution in [0.3, 0.4) is 0 Å². The zero-order valence-corrected chi connectivity index (χ0v) is 8.81. The lowest BCUT2D eigenvalue weighted by Crippen LogP contribution is -2.23. The number of nitrogens with one attached hydrogen (secondary N) is 1. The van der Waals surface area contributed by atoms with E-state index >= 15 is 0 Å². The number of carbonyl (C=O) groups is 1. The monoisotopic (exact) mass is 238 g/mol. The van der Waals surface area contributed by atoms with Gasteiger partial charge in [-0.2, -0.15) is 4.98 Å². The molecule has 0 unspecified atom stereocenters. The highest BCUT2D eigenvalue weighted by atomic mass is 35.5. The largest absolute Gasteiger partial charge is 0.345 e. The van der Waals surface area contributed by atoms with Crippen LogP contribution in [-0.4, -0.2) is 21.0 Å². The van der Waals surface area contributed by atoms with Crippen molar-refractivity contribution in [2.75, 3.05) is 0 Å². The summed E-state index contributed by atoms with van der Waals surface area (Å²) in [4.78, 5) is 19.2. The third-order valence-electron chi connectivity index (χ3n) is 1.82. The van der Waals surface area contributed by atoms with Crippen LogP contribution in [0.25, 0.3) is 0 Å². The molecule has 7 heteroatoms. The number of hydrogen-bond donors (Lipinski definition) is 1. The maximum atomic E-state index is 11.6. The molecule has 2 heterocycles. The molecule has 2 aromatic heterocycles. The molecule has 0 spiro atoms. The summed E-state index contributed by atoms with van der Waals surface area (Å²) in [5, 5.41) is 6.31. The fourth-order valence-electron chi connectivity index (χ4n) is 1.08. The second-order valence-electron chi connectivity index (χ2n) is 2.87. The van der Waals surface area contributed by atoms with Gasteiger partial charge in [-0.25, -0.2) is 4.98 Å². The normalized spacial score (nSPS) is 10.1. The zero-order chi connectivity index (χ0) is 11.4. The molecule has 0 aliphatic rings. The van der Waals surface area contributed by atoms with Gasteiger partial charge in [0.2, 0.25) is 6.39 Å². The Labute approximate surface area is 95.6 Å². The molecule has 0 bridgehead atoms. The maximum absolute atomic E-state index is 11.6. The van der Waals surface area contributed by atoms with E-state index in [1.165, 1.54) is 12.6 Å². The van der Waals surface area contributed by atoms with Crippen LogP contribution in [-0.2, 0) is 6.54 Å².